The predicted molar refractivity (Wildman–Crippen MR) is 68.6 cm³/mol. The summed E-state index contributed by atoms with van der Waals surface area (Å²) in [4.78, 5) is 0. The number of ether oxygens (including phenoxy) is 1. The van der Waals surface area contributed by atoms with E-state index in [1.807, 2.05) is 49.4 Å². The molecular weight excluding hydrogens is 236 g/mol. The first kappa shape index (κ1) is 12.0. The Morgan fingerprint density at radius 2 is 1.71 bits per heavy atom. The third kappa shape index (κ3) is 2.99. The van der Waals surface area contributed by atoms with Gasteiger partial charge in [0.05, 0.1) is 6.61 Å². The molecule has 0 aliphatic heterocycles. The minimum atomic E-state index is 0.0420. The summed E-state index contributed by atoms with van der Waals surface area (Å²) in [5.74, 6) is 1.49. The summed E-state index contributed by atoms with van der Waals surface area (Å²) in [6.07, 6.45) is 0. The van der Waals surface area contributed by atoms with Crippen LogP contribution < -0.4 is 4.74 Å². The molecule has 2 aromatic carbocycles. The topological polar surface area (TPSA) is 29.5 Å². The Bertz CT molecular complexity index is 506. The minimum absolute atomic E-state index is 0.0420. The second-order valence-electron chi connectivity index (χ2n) is 3.82. The van der Waals surface area contributed by atoms with E-state index in [0.717, 1.165) is 27.6 Å². The molecule has 0 unspecified atom stereocenters. The van der Waals surface area contributed by atoms with Crippen LogP contribution in [0.1, 0.15) is 11.1 Å². The third-order valence-electron chi connectivity index (χ3n) is 2.47. The summed E-state index contributed by atoms with van der Waals surface area (Å²) in [5, 5.41) is 9.66. The van der Waals surface area contributed by atoms with Gasteiger partial charge in [-0.05, 0) is 48.4 Å². The van der Waals surface area contributed by atoms with Gasteiger partial charge in [-0.3, -0.25) is 0 Å². The van der Waals surface area contributed by atoms with Crippen molar-refractivity contribution < 1.29 is 9.84 Å². The van der Waals surface area contributed by atoms with E-state index in [0.29, 0.717) is 0 Å². The number of aliphatic hydroxyl groups excluding tert-OH is 1. The number of aliphatic hydroxyl groups is 1. The monoisotopic (exact) mass is 248 g/mol. The molecule has 0 saturated heterocycles. The number of benzene rings is 2. The Morgan fingerprint density at radius 3 is 2.29 bits per heavy atom. The molecule has 2 aromatic rings. The molecule has 0 saturated carbocycles. The van der Waals surface area contributed by atoms with E-state index in [1.165, 1.54) is 0 Å². The van der Waals surface area contributed by atoms with Gasteiger partial charge in [0.15, 0.2) is 0 Å². The molecule has 88 valence electrons. The van der Waals surface area contributed by atoms with E-state index in [2.05, 4.69) is 0 Å². The van der Waals surface area contributed by atoms with Gasteiger partial charge in [0.1, 0.15) is 11.5 Å². The van der Waals surface area contributed by atoms with Crippen molar-refractivity contribution >= 4 is 11.6 Å². The van der Waals surface area contributed by atoms with Crippen molar-refractivity contribution in [3.8, 4) is 11.5 Å². The summed E-state index contributed by atoms with van der Waals surface area (Å²) in [5.41, 5.74) is 1.85. The van der Waals surface area contributed by atoms with Crippen molar-refractivity contribution in [1.82, 2.24) is 0 Å². The maximum Gasteiger partial charge on any atom is 0.127 e. The highest BCUT2D eigenvalue weighted by molar-refractivity contribution is 6.31. The SMILES string of the molecule is Cc1cc(Oc2ccc(CO)cc2)ccc1Cl. The maximum absolute atomic E-state index is 8.93. The zero-order valence-electron chi connectivity index (χ0n) is 9.48. The number of aryl methyl sites for hydroxylation is 1. The molecule has 1 N–H and O–H groups in total. The van der Waals surface area contributed by atoms with E-state index in [-0.39, 0.29) is 6.61 Å². The highest BCUT2D eigenvalue weighted by atomic mass is 35.5. The molecule has 0 bridgehead atoms. The molecule has 0 spiro atoms. The highest BCUT2D eigenvalue weighted by Crippen LogP contribution is 2.26. The van der Waals surface area contributed by atoms with Crippen LogP contribution in [-0.2, 0) is 6.61 Å². The van der Waals surface area contributed by atoms with Gasteiger partial charge in [-0.25, -0.2) is 0 Å². The fourth-order valence-electron chi connectivity index (χ4n) is 1.48. The first-order valence-electron chi connectivity index (χ1n) is 5.33. The Kier molecular flexibility index (Phi) is 3.67. The Morgan fingerprint density at radius 1 is 1.06 bits per heavy atom. The lowest BCUT2D eigenvalue weighted by atomic mass is 10.2. The Balaban J connectivity index is 2.16. The van der Waals surface area contributed by atoms with E-state index in [4.69, 9.17) is 21.4 Å². The van der Waals surface area contributed by atoms with Gasteiger partial charge < -0.3 is 9.84 Å². The first-order chi connectivity index (χ1) is 8.19. The van der Waals surface area contributed by atoms with Crippen LogP contribution in [0.4, 0.5) is 0 Å². The van der Waals surface area contributed by atoms with Gasteiger partial charge >= 0.3 is 0 Å². The molecule has 0 atom stereocenters. The first-order valence-corrected chi connectivity index (χ1v) is 5.70. The van der Waals surface area contributed by atoms with Crippen molar-refractivity contribution in [2.24, 2.45) is 0 Å². The third-order valence-corrected chi connectivity index (χ3v) is 2.90. The molecule has 0 radical (unpaired) electrons. The molecule has 3 heteroatoms. The lowest BCUT2D eigenvalue weighted by Crippen LogP contribution is -1.87. The van der Waals surface area contributed by atoms with Crippen LogP contribution in [0, 0.1) is 6.92 Å². The van der Waals surface area contributed by atoms with Gasteiger partial charge in [-0.2, -0.15) is 0 Å². The van der Waals surface area contributed by atoms with Crippen LogP contribution in [0.25, 0.3) is 0 Å². The summed E-state index contributed by atoms with van der Waals surface area (Å²) in [6, 6.07) is 12.9. The number of halogens is 1. The predicted octanol–water partition coefficient (Wildman–Crippen LogP) is 3.93. The molecule has 0 amide bonds. The lowest BCUT2D eigenvalue weighted by Gasteiger charge is -2.07. The Labute approximate surface area is 105 Å². The van der Waals surface area contributed by atoms with Crippen LogP contribution >= 0.6 is 11.6 Å². The van der Waals surface area contributed by atoms with Crippen LogP contribution in [0.2, 0.25) is 5.02 Å². The molecule has 2 nitrogen and oxygen atoms in total. The van der Waals surface area contributed by atoms with Crippen LogP contribution in [0.5, 0.6) is 11.5 Å². The molecular formula is C14H13ClO2. The maximum atomic E-state index is 8.93. The van der Waals surface area contributed by atoms with Gasteiger partial charge in [0.2, 0.25) is 0 Å². The second-order valence-corrected chi connectivity index (χ2v) is 4.22. The summed E-state index contributed by atoms with van der Waals surface area (Å²) in [6.45, 7) is 1.98. The highest BCUT2D eigenvalue weighted by Gasteiger charge is 2.00. The average molecular weight is 249 g/mol. The zero-order chi connectivity index (χ0) is 12.3. The smallest absolute Gasteiger partial charge is 0.127 e. The van der Waals surface area contributed by atoms with Crippen molar-refractivity contribution in [3.63, 3.8) is 0 Å². The summed E-state index contributed by atoms with van der Waals surface area (Å²) >= 11 is 5.94. The number of hydrogen-bond acceptors (Lipinski definition) is 2. The number of hydrogen-bond donors (Lipinski definition) is 1. The van der Waals surface area contributed by atoms with E-state index < -0.39 is 0 Å². The molecule has 17 heavy (non-hydrogen) atoms. The molecule has 2 rings (SSSR count). The molecule has 0 aromatic heterocycles. The fraction of sp³-hybridized carbons (Fsp3) is 0.143. The molecule has 0 aliphatic rings. The van der Waals surface area contributed by atoms with Crippen molar-refractivity contribution in [2.75, 3.05) is 0 Å². The minimum Gasteiger partial charge on any atom is -0.457 e. The standard InChI is InChI=1S/C14H13ClO2/c1-10-8-13(6-7-14(10)15)17-12-4-2-11(9-16)3-5-12/h2-8,16H,9H2,1H3. The van der Waals surface area contributed by atoms with Crippen LogP contribution in [0.15, 0.2) is 42.5 Å². The zero-order valence-corrected chi connectivity index (χ0v) is 10.2. The van der Waals surface area contributed by atoms with Crippen LogP contribution in [-0.4, -0.2) is 5.11 Å². The lowest BCUT2D eigenvalue weighted by molar-refractivity contribution is 0.281. The summed E-state index contributed by atoms with van der Waals surface area (Å²) < 4.78 is 5.67. The van der Waals surface area contributed by atoms with Gasteiger partial charge in [0, 0.05) is 5.02 Å². The molecule has 0 heterocycles. The van der Waals surface area contributed by atoms with E-state index in [9.17, 15) is 0 Å². The van der Waals surface area contributed by atoms with E-state index in [1.54, 1.807) is 0 Å². The van der Waals surface area contributed by atoms with Gasteiger partial charge in [-0.1, -0.05) is 23.7 Å². The van der Waals surface area contributed by atoms with Crippen LogP contribution in [0.3, 0.4) is 0 Å². The normalized spacial score (nSPS) is 10.3. The largest absolute Gasteiger partial charge is 0.457 e. The second kappa shape index (κ2) is 5.21. The van der Waals surface area contributed by atoms with Crippen molar-refractivity contribution in [3.05, 3.63) is 58.6 Å². The Hall–Kier alpha value is -1.51. The average Bonchev–Trinajstić information content (AvgIpc) is 2.35. The van der Waals surface area contributed by atoms with E-state index >= 15 is 0 Å². The quantitative estimate of drug-likeness (QED) is 0.892. The van der Waals surface area contributed by atoms with Gasteiger partial charge in [-0.15, -0.1) is 0 Å². The molecule has 0 aliphatic carbocycles. The fourth-order valence-corrected chi connectivity index (χ4v) is 1.60. The number of rotatable bonds is 3. The van der Waals surface area contributed by atoms with Gasteiger partial charge in [0.25, 0.3) is 0 Å². The van der Waals surface area contributed by atoms with Crippen molar-refractivity contribution in [2.45, 2.75) is 13.5 Å². The van der Waals surface area contributed by atoms with Crippen molar-refractivity contribution in [1.29, 1.82) is 0 Å². The summed E-state index contributed by atoms with van der Waals surface area (Å²) in [7, 11) is 0. The molecule has 0 fully saturated rings.